The Balaban J connectivity index is 3.05. The maximum atomic E-state index is 5.82. The summed E-state index contributed by atoms with van der Waals surface area (Å²) in [6.45, 7) is 4.26. The fourth-order valence-electron chi connectivity index (χ4n) is 1.47. The quantitative estimate of drug-likeness (QED) is 0.636. The molecule has 0 radical (unpaired) electrons. The molecule has 0 nitrogen and oxygen atoms in total. The lowest BCUT2D eigenvalue weighted by atomic mass is 9.99. The van der Waals surface area contributed by atoms with Crippen molar-refractivity contribution in [2.75, 3.05) is 5.88 Å². The fraction of sp³-hybridized carbons (Fsp3) is 0.333. The summed E-state index contributed by atoms with van der Waals surface area (Å²) in [5, 5.41) is 0. The zero-order valence-electron chi connectivity index (χ0n) is 8.18. The Hall–Kier alpha value is -0.750. The molecule has 0 aliphatic heterocycles. The van der Waals surface area contributed by atoms with Gasteiger partial charge in [-0.05, 0) is 24.5 Å². The van der Waals surface area contributed by atoms with Crippen LogP contribution in [0.25, 0.3) is 5.57 Å². The molecule has 13 heavy (non-hydrogen) atoms. The molecule has 0 unspecified atom stereocenters. The van der Waals surface area contributed by atoms with E-state index in [1.165, 1.54) is 16.7 Å². The predicted molar refractivity (Wildman–Crippen MR) is 60.0 cm³/mol. The van der Waals surface area contributed by atoms with Crippen LogP contribution in [0.2, 0.25) is 0 Å². The van der Waals surface area contributed by atoms with Gasteiger partial charge in [-0.3, -0.25) is 0 Å². The third-order valence-corrected chi connectivity index (χ3v) is 2.59. The van der Waals surface area contributed by atoms with Crippen molar-refractivity contribution >= 4 is 17.2 Å². The van der Waals surface area contributed by atoms with E-state index in [2.05, 4.69) is 38.1 Å². The number of halogens is 1. The molecule has 1 heteroatoms. The Morgan fingerprint density at radius 3 is 2.31 bits per heavy atom. The summed E-state index contributed by atoms with van der Waals surface area (Å²) in [6, 6.07) is 10.4. The van der Waals surface area contributed by atoms with Crippen LogP contribution in [0.4, 0.5) is 0 Å². The maximum Gasteiger partial charge on any atom is 0.0436 e. The second-order valence-corrected chi connectivity index (χ2v) is 3.38. The zero-order chi connectivity index (χ0) is 9.68. The third-order valence-electron chi connectivity index (χ3n) is 2.19. The van der Waals surface area contributed by atoms with Crippen LogP contribution in [0.5, 0.6) is 0 Å². The normalized spacial score (nSPS) is 12.5. The van der Waals surface area contributed by atoms with Crippen LogP contribution in [-0.4, -0.2) is 5.88 Å². The van der Waals surface area contributed by atoms with E-state index in [9.17, 15) is 0 Å². The standard InChI is InChI=1S/C12H15Cl/c1-3-12(10(2)9-13)11-7-5-4-6-8-11/h4-8H,3,9H2,1-2H3. The summed E-state index contributed by atoms with van der Waals surface area (Å²) in [7, 11) is 0. The summed E-state index contributed by atoms with van der Waals surface area (Å²) in [5.74, 6) is 0.623. The first-order chi connectivity index (χ1) is 6.29. The summed E-state index contributed by atoms with van der Waals surface area (Å²) < 4.78 is 0. The number of hydrogen-bond acceptors (Lipinski definition) is 0. The van der Waals surface area contributed by atoms with Crippen molar-refractivity contribution < 1.29 is 0 Å². The highest BCUT2D eigenvalue weighted by molar-refractivity contribution is 6.20. The van der Waals surface area contributed by atoms with E-state index in [4.69, 9.17) is 11.6 Å². The molecule has 0 aliphatic rings. The number of allylic oxidation sites excluding steroid dienone is 2. The summed E-state index contributed by atoms with van der Waals surface area (Å²) in [6.07, 6.45) is 1.04. The van der Waals surface area contributed by atoms with Gasteiger partial charge in [-0.15, -0.1) is 11.6 Å². The minimum absolute atomic E-state index is 0.623. The van der Waals surface area contributed by atoms with Crippen LogP contribution in [0, 0.1) is 0 Å². The van der Waals surface area contributed by atoms with E-state index in [1.807, 2.05) is 6.07 Å². The van der Waals surface area contributed by atoms with Crippen molar-refractivity contribution in [3.8, 4) is 0 Å². The number of alkyl halides is 1. The summed E-state index contributed by atoms with van der Waals surface area (Å²) >= 11 is 5.82. The highest BCUT2D eigenvalue weighted by Gasteiger charge is 2.01. The van der Waals surface area contributed by atoms with Crippen LogP contribution < -0.4 is 0 Å². The van der Waals surface area contributed by atoms with Gasteiger partial charge >= 0.3 is 0 Å². The SMILES string of the molecule is CCC(=C(C)CCl)c1ccccc1. The number of hydrogen-bond donors (Lipinski definition) is 0. The minimum Gasteiger partial charge on any atom is -0.122 e. The van der Waals surface area contributed by atoms with Gasteiger partial charge in [0.1, 0.15) is 0 Å². The van der Waals surface area contributed by atoms with Crippen molar-refractivity contribution in [2.45, 2.75) is 20.3 Å². The van der Waals surface area contributed by atoms with Crippen LogP contribution in [-0.2, 0) is 0 Å². The van der Waals surface area contributed by atoms with E-state index >= 15 is 0 Å². The molecule has 1 aromatic carbocycles. The molecular weight excluding hydrogens is 180 g/mol. The monoisotopic (exact) mass is 194 g/mol. The number of rotatable bonds is 3. The average Bonchev–Trinajstić information content (AvgIpc) is 2.20. The lowest BCUT2D eigenvalue weighted by Crippen LogP contribution is -1.88. The van der Waals surface area contributed by atoms with Gasteiger partial charge < -0.3 is 0 Å². The molecule has 1 rings (SSSR count). The second-order valence-electron chi connectivity index (χ2n) is 3.11. The van der Waals surface area contributed by atoms with Crippen molar-refractivity contribution in [1.29, 1.82) is 0 Å². The van der Waals surface area contributed by atoms with Crippen molar-refractivity contribution in [3.63, 3.8) is 0 Å². The lowest BCUT2D eigenvalue weighted by Gasteiger charge is -2.08. The van der Waals surface area contributed by atoms with E-state index < -0.39 is 0 Å². The molecule has 0 spiro atoms. The molecule has 0 heterocycles. The molecule has 0 bridgehead atoms. The molecule has 0 atom stereocenters. The molecule has 0 amide bonds. The zero-order valence-corrected chi connectivity index (χ0v) is 8.93. The smallest absolute Gasteiger partial charge is 0.0436 e. The molecule has 0 saturated heterocycles. The Morgan fingerprint density at radius 1 is 1.23 bits per heavy atom. The largest absolute Gasteiger partial charge is 0.122 e. The summed E-state index contributed by atoms with van der Waals surface area (Å²) in [5.41, 5.74) is 3.94. The second kappa shape index (κ2) is 5.08. The van der Waals surface area contributed by atoms with Gasteiger partial charge in [0.05, 0.1) is 0 Å². The van der Waals surface area contributed by atoms with Crippen LogP contribution in [0.3, 0.4) is 0 Å². The Kier molecular flexibility index (Phi) is 4.04. The van der Waals surface area contributed by atoms with Gasteiger partial charge in [0.25, 0.3) is 0 Å². The fourth-order valence-corrected chi connectivity index (χ4v) is 1.63. The average molecular weight is 195 g/mol. The Labute approximate surface area is 85.2 Å². The molecule has 0 aromatic heterocycles. The Bertz CT molecular complexity index is 285. The molecular formula is C12H15Cl. The minimum atomic E-state index is 0.623. The van der Waals surface area contributed by atoms with E-state index in [0.29, 0.717) is 5.88 Å². The predicted octanol–water partition coefficient (Wildman–Crippen LogP) is 4.11. The topological polar surface area (TPSA) is 0 Å². The molecule has 0 N–H and O–H groups in total. The van der Waals surface area contributed by atoms with Gasteiger partial charge in [0.15, 0.2) is 0 Å². The maximum absolute atomic E-state index is 5.82. The first kappa shape index (κ1) is 10.3. The highest BCUT2D eigenvalue weighted by Crippen LogP contribution is 2.22. The van der Waals surface area contributed by atoms with Crippen molar-refractivity contribution in [2.24, 2.45) is 0 Å². The third kappa shape index (κ3) is 2.60. The molecule has 0 fully saturated rings. The van der Waals surface area contributed by atoms with Crippen LogP contribution in [0.1, 0.15) is 25.8 Å². The number of benzene rings is 1. The van der Waals surface area contributed by atoms with E-state index in [0.717, 1.165) is 6.42 Å². The Morgan fingerprint density at radius 2 is 1.85 bits per heavy atom. The van der Waals surface area contributed by atoms with Gasteiger partial charge in [0.2, 0.25) is 0 Å². The van der Waals surface area contributed by atoms with E-state index in [-0.39, 0.29) is 0 Å². The van der Waals surface area contributed by atoms with Gasteiger partial charge in [-0.25, -0.2) is 0 Å². The van der Waals surface area contributed by atoms with Gasteiger partial charge in [-0.2, -0.15) is 0 Å². The van der Waals surface area contributed by atoms with Crippen LogP contribution >= 0.6 is 11.6 Å². The molecule has 0 aliphatic carbocycles. The molecule has 0 saturated carbocycles. The highest BCUT2D eigenvalue weighted by atomic mass is 35.5. The van der Waals surface area contributed by atoms with E-state index in [1.54, 1.807) is 0 Å². The molecule has 1 aromatic rings. The van der Waals surface area contributed by atoms with Gasteiger partial charge in [0, 0.05) is 5.88 Å². The van der Waals surface area contributed by atoms with Crippen molar-refractivity contribution in [3.05, 3.63) is 41.5 Å². The van der Waals surface area contributed by atoms with Gasteiger partial charge in [-0.1, -0.05) is 42.8 Å². The lowest BCUT2D eigenvalue weighted by molar-refractivity contribution is 1.20. The molecule has 70 valence electrons. The first-order valence-electron chi connectivity index (χ1n) is 4.59. The van der Waals surface area contributed by atoms with Crippen LogP contribution in [0.15, 0.2) is 35.9 Å². The summed E-state index contributed by atoms with van der Waals surface area (Å²) in [4.78, 5) is 0. The first-order valence-corrected chi connectivity index (χ1v) is 5.13. The van der Waals surface area contributed by atoms with Crippen molar-refractivity contribution in [1.82, 2.24) is 0 Å².